The summed E-state index contributed by atoms with van der Waals surface area (Å²) >= 11 is 0. The quantitative estimate of drug-likeness (QED) is 0.603. The predicted octanol–water partition coefficient (Wildman–Crippen LogP) is 1.34. The van der Waals surface area contributed by atoms with Crippen LogP contribution in [0, 0.1) is 0 Å². The molecule has 3 nitrogen and oxygen atoms in total. The Morgan fingerprint density at radius 2 is 2.00 bits per heavy atom. The zero-order valence-corrected chi connectivity index (χ0v) is 9.73. The monoisotopic (exact) mass is 283 g/mol. The summed E-state index contributed by atoms with van der Waals surface area (Å²) in [7, 11) is 1.92. The molecule has 1 rings (SSSR count). The summed E-state index contributed by atoms with van der Waals surface area (Å²) in [6.45, 7) is 1.76. The van der Waals surface area contributed by atoms with Crippen LogP contribution in [0.1, 0.15) is 18.7 Å². The number of aryl methyl sites for hydroxylation is 1. The third kappa shape index (κ3) is 3.46. The Balaban J connectivity index is 0. The van der Waals surface area contributed by atoms with Crippen molar-refractivity contribution in [1.29, 1.82) is 0 Å². The van der Waals surface area contributed by atoms with Gasteiger partial charge in [0.1, 0.15) is 13.2 Å². The molecule has 0 saturated heterocycles. The first-order valence-electron chi connectivity index (χ1n) is 3.34. The zero-order chi connectivity index (χ0) is 7.56. The van der Waals surface area contributed by atoms with E-state index in [0.717, 1.165) is 5.69 Å². The molecule has 4 heteroatoms. The molecule has 0 aliphatic heterocycles. The van der Waals surface area contributed by atoms with Gasteiger partial charge in [-0.1, -0.05) is 6.07 Å². The second-order valence-electron chi connectivity index (χ2n) is 2.41. The van der Waals surface area contributed by atoms with Gasteiger partial charge in [0, 0.05) is 12.1 Å². The van der Waals surface area contributed by atoms with Crippen LogP contribution in [-0.4, -0.2) is 5.11 Å². The molecule has 0 aliphatic rings. The summed E-state index contributed by atoms with van der Waals surface area (Å²) in [5, 5.41) is 9.18. The van der Waals surface area contributed by atoms with Crippen LogP contribution in [0.5, 0.6) is 0 Å². The lowest BCUT2D eigenvalue weighted by Gasteiger charge is -1.99. The fourth-order valence-corrected chi connectivity index (χ4v) is 0.971. The van der Waals surface area contributed by atoms with Crippen molar-refractivity contribution >= 4 is 24.0 Å². The number of aromatic nitrogens is 1. The maximum absolute atomic E-state index is 9.18. The third-order valence-electron chi connectivity index (χ3n) is 1.52. The van der Waals surface area contributed by atoms with Gasteiger partial charge in [-0.3, -0.25) is 0 Å². The molecule has 1 unspecified atom stereocenters. The van der Waals surface area contributed by atoms with Gasteiger partial charge < -0.3 is 11.3 Å². The van der Waals surface area contributed by atoms with Crippen LogP contribution in [0.3, 0.4) is 0 Å². The summed E-state index contributed by atoms with van der Waals surface area (Å²) < 4.78 is 1.91. The second kappa shape index (κ2) is 6.33. The van der Waals surface area contributed by atoms with E-state index in [2.05, 4.69) is 0 Å². The van der Waals surface area contributed by atoms with Crippen molar-refractivity contribution in [2.75, 3.05) is 0 Å². The zero-order valence-electron chi connectivity index (χ0n) is 7.40. The largest absolute Gasteiger partial charge is 0.382 e. The molecular formula is C8H16IN2O+. The van der Waals surface area contributed by atoms with Gasteiger partial charge in [0.2, 0.25) is 5.69 Å². The van der Waals surface area contributed by atoms with Crippen molar-refractivity contribution in [1.82, 2.24) is 6.15 Å². The van der Waals surface area contributed by atoms with Crippen LogP contribution in [-0.2, 0) is 7.05 Å². The van der Waals surface area contributed by atoms with Gasteiger partial charge in [-0.05, 0) is 6.92 Å². The van der Waals surface area contributed by atoms with Crippen molar-refractivity contribution in [3.05, 3.63) is 30.1 Å². The summed E-state index contributed by atoms with van der Waals surface area (Å²) in [6, 6.07) is 5.76. The van der Waals surface area contributed by atoms with Crippen molar-refractivity contribution in [2.45, 2.75) is 13.0 Å². The van der Waals surface area contributed by atoms with E-state index in [1.54, 1.807) is 6.92 Å². The minimum absolute atomic E-state index is 0. The summed E-state index contributed by atoms with van der Waals surface area (Å²) in [6.07, 6.45) is 1.54. The van der Waals surface area contributed by atoms with Gasteiger partial charge in [0.15, 0.2) is 6.20 Å². The Hall–Kier alpha value is -0.200. The highest BCUT2D eigenvalue weighted by atomic mass is 127. The molecule has 0 saturated carbocycles. The van der Waals surface area contributed by atoms with E-state index in [1.165, 1.54) is 0 Å². The van der Waals surface area contributed by atoms with E-state index >= 15 is 0 Å². The van der Waals surface area contributed by atoms with Gasteiger partial charge in [-0.15, -0.1) is 24.0 Å². The lowest BCUT2D eigenvalue weighted by atomic mass is 10.2. The summed E-state index contributed by atoms with van der Waals surface area (Å²) in [4.78, 5) is 0. The molecule has 0 radical (unpaired) electrons. The topological polar surface area (TPSA) is 59.1 Å². The number of hydrogen-bond acceptors (Lipinski definition) is 2. The number of nitrogens with zero attached hydrogens (tertiary/aromatic N) is 1. The molecule has 1 atom stereocenters. The number of aliphatic hydroxyl groups excluding tert-OH is 1. The average Bonchev–Trinajstić information content (AvgIpc) is 1.88. The molecular weight excluding hydrogens is 267 g/mol. The highest BCUT2D eigenvalue weighted by Gasteiger charge is 2.09. The van der Waals surface area contributed by atoms with E-state index in [1.807, 2.05) is 36.0 Å². The standard InChI is InChI=1S/C8H12NO.HI.H3N/c1-7(10)8-5-3-4-6-9(8)2;;/h3-7,10H,1-2H3;1H;1H3/q+1;;. The first-order chi connectivity index (χ1) is 4.72. The minimum atomic E-state index is -0.383. The Bertz CT molecular complexity index is 228. The third-order valence-corrected chi connectivity index (χ3v) is 1.52. The highest BCUT2D eigenvalue weighted by molar-refractivity contribution is 14.0. The molecule has 1 aromatic rings. The normalized spacial score (nSPS) is 10.9. The first kappa shape index (κ1) is 14.3. The molecule has 0 aliphatic carbocycles. The lowest BCUT2D eigenvalue weighted by molar-refractivity contribution is -0.682. The fraction of sp³-hybridized carbons (Fsp3) is 0.375. The predicted molar refractivity (Wildman–Crippen MR) is 58.7 cm³/mol. The Labute approximate surface area is 90.0 Å². The smallest absolute Gasteiger partial charge is 0.209 e. The molecule has 0 bridgehead atoms. The molecule has 70 valence electrons. The van der Waals surface area contributed by atoms with Crippen LogP contribution >= 0.6 is 24.0 Å². The van der Waals surface area contributed by atoms with E-state index in [-0.39, 0.29) is 36.2 Å². The van der Waals surface area contributed by atoms with E-state index < -0.39 is 0 Å². The first-order valence-corrected chi connectivity index (χ1v) is 3.34. The SMILES string of the molecule is CC(O)c1cccc[n+]1C.I.N. The number of halogens is 1. The van der Waals surface area contributed by atoms with Gasteiger partial charge in [0.25, 0.3) is 0 Å². The van der Waals surface area contributed by atoms with Crippen LogP contribution < -0.4 is 10.7 Å². The summed E-state index contributed by atoms with van der Waals surface area (Å²) in [5.41, 5.74) is 0.933. The number of pyridine rings is 1. The number of hydrogen-bond donors (Lipinski definition) is 2. The van der Waals surface area contributed by atoms with Crippen LogP contribution in [0.15, 0.2) is 24.4 Å². The Morgan fingerprint density at radius 3 is 2.33 bits per heavy atom. The molecule has 0 fully saturated rings. The van der Waals surface area contributed by atoms with E-state index in [9.17, 15) is 5.11 Å². The molecule has 0 spiro atoms. The van der Waals surface area contributed by atoms with E-state index in [0.29, 0.717) is 0 Å². The van der Waals surface area contributed by atoms with Crippen LogP contribution in [0.25, 0.3) is 0 Å². The lowest BCUT2D eigenvalue weighted by Crippen LogP contribution is -2.33. The second-order valence-corrected chi connectivity index (χ2v) is 2.41. The molecule has 12 heavy (non-hydrogen) atoms. The van der Waals surface area contributed by atoms with Crippen LogP contribution in [0.4, 0.5) is 0 Å². The molecule has 0 amide bonds. The molecule has 0 aromatic carbocycles. The summed E-state index contributed by atoms with van der Waals surface area (Å²) in [5.74, 6) is 0. The maximum atomic E-state index is 9.18. The van der Waals surface area contributed by atoms with Gasteiger partial charge in [0.05, 0.1) is 0 Å². The minimum Gasteiger partial charge on any atom is -0.382 e. The average molecular weight is 283 g/mol. The fourth-order valence-electron chi connectivity index (χ4n) is 0.971. The number of rotatable bonds is 1. The van der Waals surface area contributed by atoms with Gasteiger partial charge in [-0.2, -0.15) is 0 Å². The Morgan fingerprint density at radius 1 is 1.42 bits per heavy atom. The van der Waals surface area contributed by atoms with Crippen molar-refractivity contribution < 1.29 is 9.67 Å². The highest BCUT2D eigenvalue weighted by Crippen LogP contribution is 2.03. The van der Waals surface area contributed by atoms with E-state index in [4.69, 9.17) is 0 Å². The molecule has 1 aromatic heterocycles. The van der Waals surface area contributed by atoms with Crippen molar-refractivity contribution in [2.24, 2.45) is 7.05 Å². The van der Waals surface area contributed by atoms with Gasteiger partial charge >= 0.3 is 0 Å². The molecule has 4 N–H and O–H groups in total. The Kier molecular flexibility index (Phi) is 7.56. The van der Waals surface area contributed by atoms with Crippen molar-refractivity contribution in [3.63, 3.8) is 0 Å². The van der Waals surface area contributed by atoms with Crippen LogP contribution in [0.2, 0.25) is 0 Å². The molecule has 1 heterocycles. The van der Waals surface area contributed by atoms with Gasteiger partial charge in [-0.25, -0.2) is 4.57 Å². The number of aliphatic hydroxyl groups is 1. The van der Waals surface area contributed by atoms with Crippen molar-refractivity contribution in [3.8, 4) is 0 Å². The maximum Gasteiger partial charge on any atom is 0.209 e.